The van der Waals surface area contributed by atoms with Crippen LogP contribution >= 0.6 is 0 Å². The van der Waals surface area contributed by atoms with Gasteiger partial charge in [-0.25, -0.2) is 0 Å². The third kappa shape index (κ3) is 2.29. The van der Waals surface area contributed by atoms with Gasteiger partial charge in [0.2, 0.25) is 0 Å². The van der Waals surface area contributed by atoms with Crippen LogP contribution in [0.1, 0.15) is 0 Å². The van der Waals surface area contributed by atoms with Gasteiger partial charge in [-0.15, -0.1) is 0 Å². The van der Waals surface area contributed by atoms with Crippen LogP contribution in [0.3, 0.4) is 0 Å². The lowest BCUT2D eigenvalue weighted by molar-refractivity contribution is -0.682. The maximum atomic E-state index is 9.21. The summed E-state index contributed by atoms with van der Waals surface area (Å²) in [5.74, 6) is 0. The number of quaternary nitrogens is 1. The minimum Gasteiger partial charge on any atom is -1.00 e. The maximum Gasteiger partial charge on any atom is 0.143 e. The molecule has 0 aromatic heterocycles. The molecule has 5 nitrogen and oxygen atoms in total. The minimum atomic E-state index is -0.956. The largest absolute Gasteiger partial charge is 1.00 e. The zero-order valence-electron chi connectivity index (χ0n) is 6.47. The number of rotatable bonds is 2. The van der Waals surface area contributed by atoms with Gasteiger partial charge in [0.1, 0.15) is 30.9 Å². The van der Waals surface area contributed by atoms with Gasteiger partial charge in [0, 0.05) is 0 Å². The molecule has 12 heavy (non-hydrogen) atoms. The Morgan fingerprint density at radius 1 is 1.42 bits per heavy atom. The van der Waals surface area contributed by atoms with E-state index in [9.17, 15) is 5.11 Å². The van der Waals surface area contributed by atoms with Crippen molar-refractivity contribution in [2.24, 2.45) is 0 Å². The average molecular weight is 200 g/mol. The molecule has 0 amide bonds. The predicted molar refractivity (Wildman–Crippen MR) is 35.7 cm³/mol. The van der Waals surface area contributed by atoms with E-state index in [0.29, 0.717) is 6.54 Å². The molecule has 0 aromatic carbocycles. The van der Waals surface area contributed by atoms with E-state index in [-0.39, 0.29) is 19.0 Å². The molecule has 0 unspecified atom stereocenters. The quantitative estimate of drug-likeness (QED) is 0.305. The second-order valence-electron chi connectivity index (χ2n) is 2.86. The molecule has 0 spiro atoms. The number of hydrogen-bond donors (Lipinski definition) is 5. The summed E-state index contributed by atoms with van der Waals surface area (Å²) in [7, 11) is 0. The van der Waals surface area contributed by atoms with Gasteiger partial charge in [0.05, 0.1) is 6.61 Å². The van der Waals surface area contributed by atoms with Crippen molar-refractivity contribution in [1.82, 2.24) is 0 Å². The highest BCUT2D eigenvalue weighted by Gasteiger charge is 2.41. The SMILES string of the molecule is OC[C@@H](O)[C@H]1[NH2+]C[C@H](O)[C@H]1O.[Cl-]. The van der Waals surface area contributed by atoms with Gasteiger partial charge >= 0.3 is 0 Å². The van der Waals surface area contributed by atoms with Crippen LogP contribution in [0.25, 0.3) is 0 Å². The van der Waals surface area contributed by atoms with E-state index in [1.165, 1.54) is 0 Å². The molecule has 6 N–H and O–H groups in total. The van der Waals surface area contributed by atoms with Crippen LogP contribution in [-0.4, -0.2) is 57.9 Å². The summed E-state index contributed by atoms with van der Waals surface area (Å²) in [5.41, 5.74) is 0. The molecule has 6 heteroatoms. The third-order valence-electron chi connectivity index (χ3n) is 2.07. The van der Waals surface area contributed by atoms with Crippen LogP contribution in [0, 0.1) is 0 Å². The van der Waals surface area contributed by atoms with E-state index in [0.717, 1.165) is 0 Å². The molecule has 0 radical (unpaired) electrons. The highest BCUT2D eigenvalue weighted by Crippen LogP contribution is 2.04. The van der Waals surface area contributed by atoms with Crippen LogP contribution in [0.2, 0.25) is 0 Å². The Hall–Kier alpha value is 0.0900. The minimum absolute atomic E-state index is 0. The first-order valence-electron chi connectivity index (χ1n) is 3.65. The molecule has 0 aromatic rings. The summed E-state index contributed by atoms with van der Waals surface area (Å²) in [5, 5.41) is 37.5. The van der Waals surface area contributed by atoms with Crippen molar-refractivity contribution >= 4 is 0 Å². The van der Waals surface area contributed by atoms with Crippen LogP contribution in [0.15, 0.2) is 0 Å². The lowest BCUT2D eigenvalue weighted by Gasteiger charge is -2.16. The molecule has 1 fully saturated rings. The van der Waals surface area contributed by atoms with Gasteiger partial charge in [-0.05, 0) is 0 Å². The maximum absolute atomic E-state index is 9.21. The van der Waals surface area contributed by atoms with Gasteiger partial charge in [0.25, 0.3) is 0 Å². The Balaban J connectivity index is 0.00000121. The van der Waals surface area contributed by atoms with E-state index in [2.05, 4.69) is 0 Å². The van der Waals surface area contributed by atoms with Crippen molar-refractivity contribution in [3.05, 3.63) is 0 Å². The van der Waals surface area contributed by atoms with Crippen molar-refractivity contribution < 1.29 is 38.1 Å². The Morgan fingerprint density at radius 2 is 2.00 bits per heavy atom. The average Bonchev–Trinajstić information content (AvgIpc) is 2.32. The second kappa shape index (κ2) is 4.96. The van der Waals surface area contributed by atoms with Gasteiger partial charge in [-0.3, -0.25) is 0 Å². The molecule has 0 bridgehead atoms. The number of nitrogens with two attached hydrogens (primary N) is 1. The molecule has 1 aliphatic rings. The molecule has 1 rings (SSSR count). The molecular weight excluding hydrogens is 186 g/mol. The summed E-state index contributed by atoms with van der Waals surface area (Å²) in [6, 6.07) is -0.491. The fourth-order valence-electron chi connectivity index (χ4n) is 1.34. The van der Waals surface area contributed by atoms with Crippen molar-refractivity contribution in [3.63, 3.8) is 0 Å². The number of hydrogen-bond acceptors (Lipinski definition) is 4. The van der Waals surface area contributed by atoms with Gasteiger partial charge in [0.15, 0.2) is 0 Å². The standard InChI is InChI=1S/C6H13NO4.ClH/c8-2-4(10)5-6(11)3(9)1-7-5;/h3-11H,1-2H2;1H/t3-,4+,5+,6+;/m0./s1. The summed E-state index contributed by atoms with van der Waals surface area (Å²) < 4.78 is 0. The lowest BCUT2D eigenvalue weighted by atomic mass is 10.1. The van der Waals surface area contributed by atoms with Gasteiger partial charge < -0.3 is 38.1 Å². The van der Waals surface area contributed by atoms with Crippen LogP contribution < -0.4 is 17.7 Å². The zero-order valence-corrected chi connectivity index (χ0v) is 7.22. The summed E-state index contributed by atoms with van der Waals surface area (Å²) in [4.78, 5) is 0. The van der Waals surface area contributed by atoms with E-state index in [4.69, 9.17) is 15.3 Å². The zero-order chi connectivity index (χ0) is 8.43. The smallest absolute Gasteiger partial charge is 0.143 e. The second-order valence-corrected chi connectivity index (χ2v) is 2.86. The first kappa shape index (κ1) is 12.1. The topological polar surface area (TPSA) is 97.5 Å². The van der Waals surface area contributed by atoms with Crippen molar-refractivity contribution in [2.45, 2.75) is 24.4 Å². The molecule has 0 aliphatic carbocycles. The Kier molecular flexibility index (Phi) is 5.00. The van der Waals surface area contributed by atoms with Crippen LogP contribution in [-0.2, 0) is 0 Å². The van der Waals surface area contributed by atoms with Gasteiger partial charge in [-0.2, -0.15) is 0 Å². The van der Waals surface area contributed by atoms with Crippen molar-refractivity contribution in [3.8, 4) is 0 Å². The molecule has 4 atom stereocenters. The highest BCUT2D eigenvalue weighted by molar-refractivity contribution is 4.83. The fraction of sp³-hybridized carbons (Fsp3) is 1.00. The van der Waals surface area contributed by atoms with E-state index in [1.807, 2.05) is 0 Å². The van der Waals surface area contributed by atoms with Crippen molar-refractivity contribution in [2.75, 3.05) is 13.2 Å². The Labute approximate surface area is 76.4 Å². The monoisotopic (exact) mass is 199 g/mol. The summed E-state index contributed by atoms with van der Waals surface area (Å²) in [6.45, 7) is -0.00611. The first-order valence-corrected chi connectivity index (χ1v) is 3.65. The third-order valence-corrected chi connectivity index (χ3v) is 2.07. The molecular formula is C6H14ClNO4. The van der Waals surface area contributed by atoms with Gasteiger partial charge in [-0.1, -0.05) is 0 Å². The summed E-state index contributed by atoms with van der Waals surface area (Å²) >= 11 is 0. The van der Waals surface area contributed by atoms with E-state index >= 15 is 0 Å². The molecule has 1 aliphatic heterocycles. The normalized spacial score (nSPS) is 37.5. The Morgan fingerprint density at radius 3 is 2.33 bits per heavy atom. The number of aliphatic hydroxyl groups excluding tert-OH is 4. The molecule has 1 heterocycles. The molecule has 0 saturated carbocycles. The van der Waals surface area contributed by atoms with E-state index in [1.54, 1.807) is 5.32 Å². The van der Waals surface area contributed by atoms with Crippen LogP contribution in [0.5, 0.6) is 0 Å². The number of halogens is 1. The lowest BCUT2D eigenvalue weighted by Crippen LogP contribution is -3.00. The van der Waals surface area contributed by atoms with Crippen molar-refractivity contribution in [1.29, 1.82) is 0 Å². The fourth-order valence-corrected chi connectivity index (χ4v) is 1.34. The number of aliphatic hydroxyl groups is 4. The molecule has 74 valence electrons. The summed E-state index contributed by atoms with van der Waals surface area (Å²) in [6.07, 6.45) is -2.68. The highest BCUT2D eigenvalue weighted by atomic mass is 35.5. The Bertz CT molecular complexity index is 137. The predicted octanol–water partition coefficient (Wildman–Crippen LogP) is -6.99. The first-order chi connectivity index (χ1) is 5.16. The van der Waals surface area contributed by atoms with Crippen LogP contribution in [0.4, 0.5) is 0 Å². The molecule has 1 saturated heterocycles. The van der Waals surface area contributed by atoms with E-state index < -0.39 is 24.4 Å².